The topological polar surface area (TPSA) is 74.7 Å². The average Bonchev–Trinajstić information content (AvgIpc) is 3.02. The molecule has 2 aromatic carbocycles. The van der Waals surface area contributed by atoms with Crippen LogP contribution < -0.4 is 0 Å². The summed E-state index contributed by atoms with van der Waals surface area (Å²) in [5, 5.41) is 9.94. The van der Waals surface area contributed by atoms with Crippen molar-refractivity contribution in [1.82, 2.24) is 4.31 Å². The van der Waals surface area contributed by atoms with Crippen molar-refractivity contribution in [2.75, 3.05) is 6.54 Å². The summed E-state index contributed by atoms with van der Waals surface area (Å²) in [7, 11) is -3.81. The lowest BCUT2D eigenvalue weighted by molar-refractivity contribution is -0.142. The quantitative estimate of drug-likeness (QED) is 0.903. The van der Waals surface area contributed by atoms with Crippen LogP contribution in [0, 0.1) is 5.92 Å². The molecule has 0 amide bonds. The van der Waals surface area contributed by atoms with Crippen LogP contribution in [0.4, 0.5) is 0 Å². The van der Waals surface area contributed by atoms with E-state index in [2.05, 4.69) is 0 Å². The summed E-state index contributed by atoms with van der Waals surface area (Å²) in [6, 6.07) is 14.1. The highest BCUT2D eigenvalue weighted by Crippen LogP contribution is 2.41. The number of rotatable bonds is 4. The van der Waals surface area contributed by atoms with E-state index in [1.54, 1.807) is 24.3 Å². The number of aliphatic carboxylic acids is 1. The van der Waals surface area contributed by atoms with E-state index in [0.717, 1.165) is 0 Å². The fourth-order valence-electron chi connectivity index (χ4n) is 3.08. The Kier molecular flexibility index (Phi) is 4.62. The third kappa shape index (κ3) is 3.05. The van der Waals surface area contributed by atoms with Crippen LogP contribution in [0.3, 0.4) is 0 Å². The maximum atomic E-state index is 13.0. The number of carbonyl (C=O) groups is 1. The second kappa shape index (κ2) is 6.55. The molecule has 1 saturated heterocycles. The molecule has 5 nitrogen and oxygen atoms in total. The molecule has 3 rings (SSSR count). The summed E-state index contributed by atoms with van der Waals surface area (Å²) in [5.41, 5.74) is 0.680. The molecule has 0 unspecified atom stereocenters. The molecule has 2 atom stereocenters. The van der Waals surface area contributed by atoms with Crippen molar-refractivity contribution in [2.24, 2.45) is 5.92 Å². The van der Waals surface area contributed by atoms with Crippen LogP contribution in [0.2, 0.25) is 5.02 Å². The summed E-state index contributed by atoms with van der Waals surface area (Å²) < 4.78 is 27.3. The molecule has 126 valence electrons. The number of halogens is 1. The predicted octanol–water partition coefficient (Wildman–Crippen LogP) is 3.18. The minimum absolute atomic E-state index is 0.110. The van der Waals surface area contributed by atoms with Crippen LogP contribution >= 0.6 is 11.6 Å². The normalized spacial score (nSPS) is 21.7. The van der Waals surface area contributed by atoms with E-state index in [1.165, 1.54) is 28.6 Å². The van der Waals surface area contributed by atoms with Crippen molar-refractivity contribution in [2.45, 2.75) is 17.4 Å². The Labute approximate surface area is 145 Å². The van der Waals surface area contributed by atoms with E-state index in [4.69, 9.17) is 11.6 Å². The van der Waals surface area contributed by atoms with Gasteiger partial charge in [-0.3, -0.25) is 4.79 Å². The highest BCUT2D eigenvalue weighted by atomic mass is 35.5. The van der Waals surface area contributed by atoms with Crippen LogP contribution in [-0.4, -0.2) is 30.3 Å². The van der Waals surface area contributed by atoms with E-state index < -0.39 is 28.0 Å². The van der Waals surface area contributed by atoms with Gasteiger partial charge in [0.25, 0.3) is 0 Å². The zero-order valence-corrected chi connectivity index (χ0v) is 14.2. The first-order valence-electron chi connectivity index (χ1n) is 7.46. The van der Waals surface area contributed by atoms with Crippen molar-refractivity contribution in [3.8, 4) is 0 Å². The Morgan fingerprint density at radius 3 is 2.29 bits per heavy atom. The first-order valence-corrected chi connectivity index (χ1v) is 9.28. The summed E-state index contributed by atoms with van der Waals surface area (Å²) in [5.74, 6) is -1.76. The van der Waals surface area contributed by atoms with Gasteiger partial charge in [-0.05, 0) is 36.2 Å². The molecule has 0 radical (unpaired) electrons. The first kappa shape index (κ1) is 17.0. The van der Waals surface area contributed by atoms with Crippen LogP contribution in [0.25, 0.3) is 0 Å². The molecule has 0 spiro atoms. The van der Waals surface area contributed by atoms with Crippen molar-refractivity contribution in [3.05, 3.63) is 65.2 Å². The van der Waals surface area contributed by atoms with Gasteiger partial charge in [-0.25, -0.2) is 8.42 Å². The number of hydrogen-bond acceptors (Lipinski definition) is 3. The van der Waals surface area contributed by atoms with E-state index in [1.807, 2.05) is 6.07 Å². The number of nitrogens with zero attached hydrogens (tertiary/aromatic N) is 1. The minimum Gasteiger partial charge on any atom is -0.481 e. The minimum atomic E-state index is -3.81. The monoisotopic (exact) mass is 365 g/mol. The average molecular weight is 366 g/mol. The van der Waals surface area contributed by atoms with Crippen LogP contribution in [0.5, 0.6) is 0 Å². The second-order valence-corrected chi connectivity index (χ2v) is 7.99. The van der Waals surface area contributed by atoms with E-state index >= 15 is 0 Å². The van der Waals surface area contributed by atoms with Crippen LogP contribution in [0.15, 0.2) is 59.5 Å². The summed E-state index contributed by atoms with van der Waals surface area (Å²) >= 11 is 5.82. The lowest BCUT2D eigenvalue weighted by Gasteiger charge is -2.26. The van der Waals surface area contributed by atoms with Gasteiger partial charge in [-0.2, -0.15) is 4.31 Å². The smallest absolute Gasteiger partial charge is 0.308 e. The van der Waals surface area contributed by atoms with Crippen molar-refractivity contribution in [3.63, 3.8) is 0 Å². The Bertz CT molecular complexity index is 837. The predicted molar refractivity (Wildman–Crippen MR) is 90.3 cm³/mol. The SMILES string of the molecule is O=C(O)[C@@H]1CCN(S(=O)(=O)c2ccc(Cl)cc2)[C@@H]1c1ccccc1. The molecule has 0 bridgehead atoms. The Morgan fingerprint density at radius 1 is 1.08 bits per heavy atom. The van der Waals surface area contributed by atoms with Crippen LogP contribution in [0.1, 0.15) is 18.0 Å². The van der Waals surface area contributed by atoms with Crippen molar-refractivity contribution < 1.29 is 18.3 Å². The zero-order chi connectivity index (χ0) is 17.3. The first-order chi connectivity index (χ1) is 11.4. The maximum absolute atomic E-state index is 13.0. The third-order valence-corrected chi connectivity index (χ3v) is 6.38. The molecule has 1 heterocycles. The summed E-state index contributed by atoms with van der Waals surface area (Å²) in [6.07, 6.45) is 0.279. The number of carboxylic acids is 1. The molecule has 0 aliphatic carbocycles. The van der Waals surface area contributed by atoms with Gasteiger partial charge in [0.15, 0.2) is 0 Å². The fraction of sp³-hybridized carbons (Fsp3) is 0.235. The summed E-state index contributed by atoms with van der Waals surface area (Å²) in [4.78, 5) is 11.7. The van der Waals surface area contributed by atoms with Gasteiger partial charge >= 0.3 is 5.97 Å². The maximum Gasteiger partial charge on any atom is 0.308 e. The van der Waals surface area contributed by atoms with Gasteiger partial charge in [0, 0.05) is 11.6 Å². The molecule has 1 aliphatic rings. The molecule has 1 aliphatic heterocycles. The lowest BCUT2D eigenvalue weighted by Crippen LogP contribution is -2.33. The Hall–Kier alpha value is -1.89. The number of hydrogen-bond donors (Lipinski definition) is 1. The van der Waals surface area contributed by atoms with Gasteiger partial charge < -0.3 is 5.11 Å². The van der Waals surface area contributed by atoms with Gasteiger partial charge in [-0.15, -0.1) is 0 Å². The molecule has 1 N–H and O–H groups in total. The number of benzene rings is 2. The zero-order valence-electron chi connectivity index (χ0n) is 12.7. The van der Waals surface area contributed by atoms with Crippen molar-refractivity contribution in [1.29, 1.82) is 0 Å². The van der Waals surface area contributed by atoms with Crippen LogP contribution in [-0.2, 0) is 14.8 Å². The molecular weight excluding hydrogens is 350 g/mol. The lowest BCUT2D eigenvalue weighted by atomic mass is 9.94. The number of carboxylic acid groups (broad SMARTS) is 1. The van der Waals surface area contributed by atoms with Gasteiger partial charge in [0.05, 0.1) is 16.9 Å². The van der Waals surface area contributed by atoms with Gasteiger partial charge in [0.2, 0.25) is 10.0 Å². The van der Waals surface area contributed by atoms with Gasteiger partial charge in [-0.1, -0.05) is 41.9 Å². The largest absolute Gasteiger partial charge is 0.481 e. The van der Waals surface area contributed by atoms with E-state index in [9.17, 15) is 18.3 Å². The van der Waals surface area contributed by atoms with E-state index in [-0.39, 0.29) is 17.9 Å². The molecule has 24 heavy (non-hydrogen) atoms. The standard InChI is InChI=1S/C17H16ClNO4S/c18-13-6-8-14(9-7-13)24(22,23)19-11-10-15(17(20)21)16(19)12-4-2-1-3-5-12/h1-9,15-16H,10-11H2,(H,20,21)/t15-,16-/m1/s1. The highest BCUT2D eigenvalue weighted by Gasteiger charge is 2.45. The molecule has 2 aromatic rings. The molecule has 0 aromatic heterocycles. The molecule has 0 saturated carbocycles. The molecule has 7 heteroatoms. The summed E-state index contributed by atoms with van der Waals surface area (Å²) in [6.45, 7) is 0.168. The molecular formula is C17H16ClNO4S. The number of sulfonamides is 1. The third-order valence-electron chi connectivity index (χ3n) is 4.23. The highest BCUT2D eigenvalue weighted by molar-refractivity contribution is 7.89. The second-order valence-electron chi connectivity index (χ2n) is 5.66. The van der Waals surface area contributed by atoms with Gasteiger partial charge in [0.1, 0.15) is 0 Å². The fourth-order valence-corrected chi connectivity index (χ4v) is 4.87. The Morgan fingerprint density at radius 2 is 1.71 bits per heavy atom. The molecule has 1 fully saturated rings. The Balaban J connectivity index is 2.05. The van der Waals surface area contributed by atoms with Crippen molar-refractivity contribution >= 4 is 27.6 Å². The van der Waals surface area contributed by atoms with E-state index in [0.29, 0.717) is 10.6 Å².